The van der Waals surface area contributed by atoms with Crippen molar-refractivity contribution in [1.82, 2.24) is 10.6 Å². The number of nitrogens with one attached hydrogen (secondary N) is 2. The van der Waals surface area contributed by atoms with Gasteiger partial charge in [-0.25, -0.2) is 0 Å². The molecule has 0 unspecified atom stereocenters. The molecule has 19 heavy (non-hydrogen) atoms. The van der Waals surface area contributed by atoms with E-state index in [1.807, 2.05) is 0 Å². The minimum absolute atomic E-state index is 0. The Morgan fingerprint density at radius 2 is 1.89 bits per heavy atom. The van der Waals surface area contributed by atoms with E-state index in [1.165, 1.54) is 19.3 Å². The van der Waals surface area contributed by atoms with Gasteiger partial charge in [-0.3, -0.25) is 4.79 Å². The molecule has 2 N–H and O–H groups in total. The molecule has 1 amide bonds. The van der Waals surface area contributed by atoms with E-state index in [2.05, 4.69) is 17.6 Å². The lowest BCUT2D eigenvalue weighted by Crippen LogP contribution is -2.56. The standard InChI is InChI=1S/C14H26N2O2.ClH/c1-3-13(5-4-6-13)11-16-12(17)14(18-2)7-9-15-10-8-14;/h15H,3-11H2,1-2H3,(H,16,17);1H. The van der Waals surface area contributed by atoms with Crippen molar-refractivity contribution < 1.29 is 9.53 Å². The molecular formula is C14H27ClN2O2. The monoisotopic (exact) mass is 290 g/mol. The number of methoxy groups -OCH3 is 1. The SMILES string of the molecule is CCC1(CNC(=O)C2(OC)CCNCC2)CCC1.Cl. The molecule has 0 aromatic heterocycles. The van der Waals surface area contributed by atoms with Crippen molar-refractivity contribution in [2.75, 3.05) is 26.7 Å². The predicted molar refractivity (Wildman–Crippen MR) is 78.7 cm³/mol. The Morgan fingerprint density at radius 3 is 2.32 bits per heavy atom. The lowest BCUT2D eigenvalue weighted by Gasteiger charge is -2.43. The third-order valence-electron chi connectivity index (χ3n) is 5.00. The number of piperidine rings is 1. The fourth-order valence-corrected chi connectivity index (χ4v) is 3.12. The fourth-order valence-electron chi connectivity index (χ4n) is 3.12. The normalized spacial score (nSPS) is 23.9. The van der Waals surface area contributed by atoms with E-state index < -0.39 is 5.60 Å². The number of halogens is 1. The van der Waals surface area contributed by atoms with Crippen LogP contribution in [-0.2, 0) is 9.53 Å². The second-order valence-electron chi connectivity index (χ2n) is 5.84. The van der Waals surface area contributed by atoms with Gasteiger partial charge in [0, 0.05) is 13.7 Å². The molecule has 2 rings (SSSR count). The zero-order chi connectivity index (χ0) is 13.1. The molecule has 1 aliphatic carbocycles. The van der Waals surface area contributed by atoms with Gasteiger partial charge in [-0.15, -0.1) is 12.4 Å². The summed E-state index contributed by atoms with van der Waals surface area (Å²) in [5.41, 5.74) is -0.221. The maximum Gasteiger partial charge on any atom is 0.252 e. The quantitative estimate of drug-likeness (QED) is 0.813. The van der Waals surface area contributed by atoms with E-state index in [0.717, 1.165) is 38.9 Å². The van der Waals surface area contributed by atoms with E-state index in [0.29, 0.717) is 5.41 Å². The molecule has 112 valence electrons. The third-order valence-corrected chi connectivity index (χ3v) is 5.00. The van der Waals surface area contributed by atoms with Crippen LogP contribution in [0.3, 0.4) is 0 Å². The zero-order valence-electron chi connectivity index (χ0n) is 12.1. The summed E-state index contributed by atoms with van der Waals surface area (Å²) in [6.07, 6.45) is 6.53. The van der Waals surface area contributed by atoms with Crippen LogP contribution in [0.15, 0.2) is 0 Å². The molecule has 0 spiro atoms. The molecule has 0 bridgehead atoms. The summed E-state index contributed by atoms with van der Waals surface area (Å²) in [7, 11) is 1.66. The van der Waals surface area contributed by atoms with Gasteiger partial charge in [0.2, 0.25) is 0 Å². The second kappa shape index (κ2) is 6.91. The Balaban J connectivity index is 0.00000180. The summed E-state index contributed by atoms with van der Waals surface area (Å²) in [5.74, 6) is 0.0891. The van der Waals surface area contributed by atoms with Crippen molar-refractivity contribution >= 4 is 18.3 Å². The fraction of sp³-hybridized carbons (Fsp3) is 0.929. The summed E-state index contributed by atoms with van der Waals surface area (Å²) in [6.45, 7) is 4.77. The Morgan fingerprint density at radius 1 is 1.26 bits per heavy atom. The van der Waals surface area contributed by atoms with E-state index in [9.17, 15) is 4.79 Å². The van der Waals surface area contributed by atoms with Crippen molar-refractivity contribution in [2.24, 2.45) is 5.41 Å². The van der Waals surface area contributed by atoms with Crippen LogP contribution in [0.2, 0.25) is 0 Å². The van der Waals surface area contributed by atoms with Gasteiger partial charge in [0.05, 0.1) is 0 Å². The number of hydrogen-bond donors (Lipinski definition) is 2. The van der Waals surface area contributed by atoms with Crippen molar-refractivity contribution in [3.63, 3.8) is 0 Å². The van der Waals surface area contributed by atoms with Crippen molar-refractivity contribution in [1.29, 1.82) is 0 Å². The first-order valence-electron chi connectivity index (χ1n) is 7.21. The predicted octanol–water partition coefficient (Wildman–Crippen LogP) is 1.87. The van der Waals surface area contributed by atoms with Crippen molar-refractivity contribution in [3.05, 3.63) is 0 Å². The largest absolute Gasteiger partial charge is 0.368 e. The average Bonchev–Trinajstić information content (AvgIpc) is 2.38. The van der Waals surface area contributed by atoms with Crippen LogP contribution in [0.25, 0.3) is 0 Å². The molecule has 1 aliphatic heterocycles. The summed E-state index contributed by atoms with van der Waals surface area (Å²) in [4.78, 5) is 12.4. The molecule has 0 radical (unpaired) electrons. The van der Waals surface area contributed by atoms with Crippen LogP contribution < -0.4 is 10.6 Å². The molecule has 0 aromatic rings. The van der Waals surface area contributed by atoms with Crippen LogP contribution in [0.1, 0.15) is 45.4 Å². The zero-order valence-corrected chi connectivity index (χ0v) is 12.9. The number of hydrogen-bond acceptors (Lipinski definition) is 3. The summed E-state index contributed by atoms with van der Waals surface area (Å²) in [6, 6.07) is 0. The van der Waals surface area contributed by atoms with Gasteiger partial charge in [0.1, 0.15) is 5.60 Å². The van der Waals surface area contributed by atoms with Gasteiger partial charge in [-0.1, -0.05) is 13.3 Å². The Hall–Kier alpha value is -0.320. The molecule has 2 fully saturated rings. The van der Waals surface area contributed by atoms with Gasteiger partial charge in [-0.2, -0.15) is 0 Å². The first-order valence-corrected chi connectivity index (χ1v) is 7.21. The molecule has 4 nitrogen and oxygen atoms in total. The summed E-state index contributed by atoms with van der Waals surface area (Å²) >= 11 is 0. The summed E-state index contributed by atoms with van der Waals surface area (Å²) < 4.78 is 5.54. The average molecular weight is 291 g/mol. The molecule has 1 saturated carbocycles. The highest BCUT2D eigenvalue weighted by Crippen LogP contribution is 2.43. The van der Waals surface area contributed by atoms with Gasteiger partial charge in [0.15, 0.2) is 0 Å². The molecule has 0 atom stereocenters. The van der Waals surface area contributed by atoms with E-state index >= 15 is 0 Å². The topological polar surface area (TPSA) is 50.4 Å². The molecule has 1 heterocycles. The van der Waals surface area contributed by atoms with Gasteiger partial charge < -0.3 is 15.4 Å². The molecule has 2 aliphatic rings. The number of ether oxygens (including phenoxy) is 1. The maximum atomic E-state index is 12.4. The first kappa shape index (κ1) is 16.7. The Labute approximate surface area is 122 Å². The van der Waals surface area contributed by atoms with Crippen LogP contribution in [0.4, 0.5) is 0 Å². The molecule has 5 heteroatoms. The van der Waals surface area contributed by atoms with Gasteiger partial charge in [0.25, 0.3) is 5.91 Å². The van der Waals surface area contributed by atoms with E-state index in [1.54, 1.807) is 7.11 Å². The second-order valence-corrected chi connectivity index (χ2v) is 5.84. The highest BCUT2D eigenvalue weighted by Gasteiger charge is 2.41. The lowest BCUT2D eigenvalue weighted by atomic mass is 9.67. The van der Waals surface area contributed by atoms with Gasteiger partial charge >= 0.3 is 0 Å². The molecule has 1 saturated heterocycles. The molecule has 0 aromatic carbocycles. The summed E-state index contributed by atoms with van der Waals surface area (Å²) in [5, 5.41) is 6.42. The number of carbonyl (C=O) groups is 1. The number of amides is 1. The minimum atomic E-state index is -0.593. The number of carbonyl (C=O) groups excluding carboxylic acids is 1. The van der Waals surface area contributed by atoms with Crippen LogP contribution >= 0.6 is 12.4 Å². The van der Waals surface area contributed by atoms with Crippen molar-refractivity contribution in [3.8, 4) is 0 Å². The van der Waals surface area contributed by atoms with Crippen LogP contribution in [0, 0.1) is 5.41 Å². The third kappa shape index (κ3) is 3.41. The van der Waals surface area contributed by atoms with E-state index in [4.69, 9.17) is 4.74 Å². The highest BCUT2D eigenvalue weighted by atomic mass is 35.5. The maximum absolute atomic E-state index is 12.4. The Kier molecular flexibility index (Phi) is 6.09. The lowest BCUT2D eigenvalue weighted by molar-refractivity contribution is -0.147. The van der Waals surface area contributed by atoms with Gasteiger partial charge in [-0.05, 0) is 50.6 Å². The number of rotatable bonds is 5. The minimum Gasteiger partial charge on any atom is -0.368 e. The van der Waals surface area contributed by atoms with E-state index in [-0.39, 0.29) is 18.3 Å². The molecular weight excluding hydrogens is 264 g/mol. The Bertz CT molecular complexity index is 294. The smallest absolute Gasteiger partial charge is 0.252 e. The highest BCUT2D eigenvalue weighted by molar-refractivity contribution is 5.85. The van der Waals surface area contributed by atoms with Crippen LogP contribution in [0.5, 0.6) is 0 Å². The first-order chi connectivity index (χ1) is 8.66. The van der Waals surface area contributed by atoms with Crippen LogP contribution in [-0.4, -0.2) is 38.3 Å². The van der Waals surface area contributed by atoms with Crippen molar-refractivity contribution in [2.45, 2.75) is 51.0 Å².